The highest BCUT2D eigenvalue weighted by atomic mass is 16.4. The molecule has 3 nitrogen and oxygen atoms in total. The summed E-state index contributed by atoms with van der Waals surface area (Å²) in [4.78, 5) is 24.2. The summed E-state index contributed by atoms with van der Waals surface area (Å²) in [5, 5.41) is 11.7. The Bertz CT molecular complexity index is 698. The highest BCUT2D eigenvalue weighted by molar-refractivity contribution is 6.09. The van der Waals surface area contributed by atoms with Crippen LogP contribution in [0.3, 0.4) is 0 Å². The molecule has 0 aliphatic heterocycles. The predicted molar refractivity (Wildman–Crippen MR) is 81.5 cm³/mol. The van der Waals surface area contributed by atoms with E-state index in [0.717, 1.165) is 12.8 Å². The van der Waals surface area contributed by atoms with E-state index in [2.05, 4.69) is 0 Å². The lowest BCUT2D eigenvalue weighted by Crippen LogP contribution is -2.44. The van der Waals surface area contributed by atoms with Gasteiger partial charge in [-0.05, 0) is 24.5 Å². The SMILES string of the molecule is O=C(c1ccccc1)c1cccc(C2(C(=O)[O-])CCCC2)c1. The highest BCUT2D eigenvalue weighted by Gasteiger charge is 2.37. The number of aliphatic carboxylic acids is 1. The molecule has 0 atom stereocenters. The Hall–Kier alpha value is -2.42. The number of carbonyl (C=O) groups excluding carboxylic acids is 2. The Labute approximate surface area is 129 Å². The molecule has 1 aliphatic rings. The van der Waals surface area contributed by atoms with E-state index in [1.807, 2.05) is 18.2 Å². The lowest BCUT2D eigenvalue weighted by atomic mass is 9.78. The fourth-order valence-corrected chi connectivity index (χ4v) is 3.30. The van der Waals surface area contributed by atoms with E-state index in [9.17, 15) is 14.7 Å². The molecule has 0 aromatic heterocycles. The van der Waals surface area contributed by atoms with Gasteiger partial charge < -0.3 is 9.90 Å². The molecule has 1 aliphatic carbocycles. The molecular weight excluding hydrogens is 276 g/mol. The van der Waals surface area contributed by atoms with Gasteiger partial charge in [0.2, 0.25) is 0 Å². The van der Waals surface area contributed by atoms with Crippen molar-refractivity contribution in [3.8, 4) is 0 Å². The monoisotopic (exact) mass is 293 g/mol. The first-order valence-corrected chi connectivity index (χ1v) is 7.55. The summed E-state index contributed by atoms with van der Waals surface area (Å²) in [6, 6.07) is 16.0. The zero-order valence-electron chi connectivity index (χ0n) is 12.2. The minimum absolute atomic E-state index is 0.0889. The van der Waals surface area contributed by atoms with E-state index < -0.39 is 11.4 Å². The van der Waals surface area contributed by atoms with Crippen LogP contribution in [0.5, 0.6) is 0 Å². The number of carboxylic acid groups (broad SMARTS) is 1. The number of carboxylic acids is 1. The van der Waals surface area contributed by atoms with Gasteiger partial charge in [0, 0.05) is 16.5 Å². The molecule has 3 heteroatoms. The lowest BCUT2D eigenvalue weighted by molar-refractivity contribution is -0.313. The zero-order chi connectivity index (χ0) is 15.6. The van der Waals surface area contributed by atoms with Crippen LogP contribution in [0.25, 0.3) is 0 Å². The van der Waals surface area contributed by atoms with Gasteiger partial charge >= 0.3 is 0 Å². The summed E-state index contributed by atoms with van der Waals surface area (Å²) in [6.07, 6.45) is 2.92. The van der Waals surface area contributed by atoms with Crippen molar-refractivity contribution in [2.24, 2.45) is 0 Å². The number of ketones is 1. The summed E-state index contributed by atoms with van der Waals surface area (Å²) in [6.45, 7) is 0. The number of rotatable bonds is 4. The van der Waals surface area contributed by atoms with E-state index in [-0.39, 0.29) is 5.78 Å². The van der Waals surface area contributed by atoms with E-state index in [0.29, 0.717) is 29.5 Å². The second kappa shape index (κ2) is 5.76. The van der Waals surface area contributed by atoms with Gasteiger partial charge in [0.05, 0.1) is 5.97 Å². The van der Waals surface area contributed by atoms with Gasteiger partial charge in [-0.25, -0.2) is 0 Å². The van der Waals surface area contributed by atoms with Crippen LogP contribution in [0.4, 0.5) is 0 Å². The minimum Gasteiger partial charge on any atom is -0.549 e. The fraction of sp³-hybridized carbons (Fsp3) is 0.263. The normalized spacial score (nSPS) is 16.4. The van der Waals surface area contributed by atoms with Crippen LogP contribution in [-0.2, 0) is 10.2 Å². The number of benzene rings is 2. The van der Waals surface area contributed by atoms with Gasteiger partial charge in [0.1, 0.15) is 0 Å². The molecular formula is C19H17O3-. The molecule has 0 bridgehead atoms. The average Bonchev–Trinajstić information content (AvgIpc) is 3.06. The van der Waals surface area contributed by atoms with E-state index in [1.54, 1.807) is 36.4 Å². The summed E-state index contributed by atoms with van der Waals surface area (Å²) < 4.78 is 0. The van der Waals surface area contributed by atoms with Gasteiger partial charge in [-0.2, -0.15) is 0 Å². The first kappa shape index (κ1) is 14.5. The molecule has 1 fully saturated rings. The zero-order valence-corrected chi connectivity index (χ0v) is 12.2. The van der Waals surface area contributed by atoms with Crippen molar-refractivity contribution >= 4 is 11.8 Å². The number of carbonyl (C=O) groups is 2. The molecule has 0 unspecified atom stereocenters. The van der Waals surface area contributed by atoms with Gasteiger partial charge in [-0.15, -0.1) is 0 Å². The molecule has 2 aromatic carbocycles. The van der Waals surface area contributed by atoms with Crippen LogP contribution >= 0.6 is 0 Å². The van der Waals surface area contributed by atoms with Crippen molar-refractivity contribution in [1.82, 2.24) is 0 Å². The largest absolute Gasteiger partial charge is 0.549 e. The second-order valence-corrected chi connectivity index (χ2v) is 5.85. The molecule has 0 heterocycles. The third kappa shape index (κ3) is 2.43. The van der Waals surface area contributed by atoms with Crippen molar-refractivity contribution < 1.29 is 14.7 Å². The van der Waals surface area contributed by atoms with Crippen LogP contribution in [0, 0.1) is 0 Å². The molecule has 0 radical (unpaired) electrons. The summed E-state index contributed by atoms with van der Waals surface area (Å²) in [5.74, 6) is -1.12. The topological polar surface area (TPSA) is 57.2 Å². The van der Waals surface area contributed by atoms with E-state index in [4.69, 9.17) is 0 Å². The average molecular weight is 293 g/mol. The lowest BCUT2D eigenvalue weighted by Gasteiger charge is -2.31. The van der Waals surface area contributed by atoms with Crippen molar-refractivity contribution in [2.75, 3.05) is 0 Å². The number of hydrogen-bond acceptors (Lipinski definition) is 3. The predicted octanol–water partition coefficient (Wildman–Crippen LogP) is 2.48. The van der Waals surface area contributed by atoms with Gasteiger partial charge in [0.15, 0.2) is 5.78 Å². The summed E-state index contributed by atoms with van der Waals surface area (Å²) in [5.41, 5.74) is 0.879. The first-order valence-electron chi connectivity index (χ1n) is 7.55. The Balaban J connectivity index is 2.00. The minimum atomic E-state index is -1.03. The highest BCUT2D eigenvalue weighted by Crippen LogP contribution is 2.41. The van der Waals surface area contributed by atoms with Crippen LogP contribution in [-0.4, -0.2) is 11.8 Å². The third-order valence-electron chi connectivity index (χ3n) is 4.56. The molecule has 2 aromatic rings. The quantitative estimate of drug-likeness (QED) is 0.814. The molecule has 112 valence electrons. The second-order valence-electron chi connectivity index (χ2n) is 5.85. The molecule has 0 saturated heterocycles. The van der Waals surface area contributed by atoms with Crippen molar-refractivity contribution in [3.05, 3.63) is 71.3 Å². The molecule has 0 N–H and O–H groups in total. The standard InChI is InChI=1S/C19H18O3/c20-17(14-7-2-1-3-8-14)15-9-6-10-16(13-15)19(18(21)22)11-4-5-12-19/h1-3,6-10,13H,4-5,11-12H2,(H,21,22)/p-1. The Morgan fingerprint density at radius 3 is 2.14 bits per heavy atom. The number of hydrogen-bond donors (Lipinski definition) is 0. The van der Waals surface area contributed by atoms with Crippen LogP contribution < -0.4 is 5.11 Å². The summed E-state index contributed by atoms with van der Waals surface area (Å²) >= 11 is 0. The molecule has 3 rings (SSSR count). The van der Waals surface area contributed by atoms with E-state index in [1.165, 1.54) is 0 Å². The van der Waals surface area contributed by atoms with Crippen molar-refractivity contribution in [2.45, 2.75) is 31.1 Å². The van der Waals surface area contributed by atoms with Crippen LogP contribution in [0.2, 0.25) is 0 Å². The van der Waals surface area contributed by atoms with Crippen molar-refractivity contribution in [1.29, 1.82) is 0 Å². The first-order chi connectivity index (χ1) is 10.6. The van der Waals surface area contributed by atoms with Crippen LogP contribution in [0.15, 0.2) is 54.6 Å². The third-order valence-corrected chi connectivity index (χ3v) is 4.56. The molecule has 22 heavy (non-hydrogen) atoms. The smallest absolute Gasteiger partial charge is 0.193 e. The van der Waals surface area contributed by atoms with Crippen LogP contribution in [0.1, 0.15) is 47.2 Å². The Morgan fingerprint density at radius 2 is 1.50 bits per heavy atom. The Morgan fingerprint density at radius 1 is 0.864 bits per heavy atom. The maximum Gasteiger partial charge on any atom is 0.193 e. The van der Waals surface area contributed by atoms with E-state index >= 15 is 0 Å². The summed E-state index contributed by atoms with van der Waals surface area (Å²) in [7, 11) is 0. The van der Waals surface area contributed by atoms with Crippen molar-refractivity contribution in [3.63, 3.8) is 0 Å². The maximum atomic E-state index is 12.5. The van der Waals surface area contributed by atoms with Gasteiger partial charge in [-0.3, -0.25) is 4.79 Å². The maximum absolute atomic E-state index is 12.5. The van der Waals surface area contributed by atoms with Gasteiger partial charge in [0.25, 0.3) is 0 Å². The van der Waals surface area contributed by atoms with Gasteiger partial charge in [-0.1, -0.05) is 61.4 Å². The Kier molecular flexibility index (Phi) is 3.80. The molecule has 0 spiro atoms. The fourth-order valence-electron chi connectivity index (χ4n) is 3.30. The molecule has 0 amide bonds. The molecule has 1 saturated carbocycles.